The van der Waals surface area contributed by atoms with Crippen LogP contribution in [0.1, 0.15) is 83.9 Å². The topological polar surface area (TPSA) is 80.9 Å². The molecule has 1 N–H and O–H groups in total. The van der Waals surface area contributed by atoms with Crippen molar-refractivity contribution in [1.29, 1.82) is 0 Å². The number of nitrogens with zero attached hydrogens (tertiary/aromatic N) is 4. The van der Waals surface area contributed by atoms with E-state index >= 15 is 0 Å². The molecule has 0 bridgehead atoms. The Morgan fingerprint density at radius 1 is 1.00 bits per heavy atom. The summed E-state index contributed by atoms with van der Waals surface area (Å²) in [5, 5.41) is 22.3. The zero-order valence-electron chi connectivity index (χ0n) is 18.9. The van der Waals surface area contributed by atoms with Crippen LogP contribution in [-0.2, 0) is 11.3 Å². The fourth-order valence-corrected chi connectivity index (χ4v) is 8.32. The molecule has 4 aliphatic carbocycles. The standard InChI is InChI=1S/C24H38N4O2/c1-15-25-26-27-28(15)14-22(29)21-7-6-20-19-5-4-16-8-11-23(2,30)12-9-17(16)18(19)10-13-24(20,21)3/h16-21,30H,4-14H2,1-3H3/t16-,17-,18+,19+,20-,21+,23-,24-/m0/s1. The lowest BCUT2D eigenvalue weighted by Crippen LogP contribution is -2.48. The van der Waals surface area contributed by atoms with Crippen molar-refractivity contribution in [2.75, 3.05) is 0 Å². The van der Waals surface area contributed by atoms with Crippen LogP contribution in [0.5, 0.6) is 0 Å². The van der Waals surface area contributed by atoms with Crippen molar-refractivity contribution in [3.8, 4) is 0 Å². The minimum Gasteiger partial charge on any atom is -0.390 e. The molecule has 1 aromatic rings. The number of hydrogen-bond donors (Lipinski definition) is 1. The van der Waals surface area contributed by atoms with E-state index in [4.69, 9.17) is 0 Å². The Kier molecular flexibility index (Phi) is 5.07. The van der Waals surface area contributed by atoms with Gasteiger partial charge in [0.05, 0.1) is 5.60 Å². The van der Waals surface area contributed by atoms with Crippen molar-refractivity contribution in [3.63, 3.8) is 0 Å². The molecule has 0 aliphatic heterocycles. The van der Waals surface area contributed by atoms with E-state index in [2.05, 4.69) is 22.4 Å². The third-order valence-electron chi connectivity index (χ3n) is 9.99. The smallest absolute Gasteiger partial charge is 0.158 e. The van der Waals surface area contributed by atoms with E-state index in [9.17, 15) is 9.90 Å². The van der Waals surface area contributed by atoms with Crippen LogP contribution in [0.25, 0.3) is 0 Å². The molecule has 30 heavy (non-hydrogen) atoms. The highest BCUT2D eigenvalue weighted by Crippen LogP contribution is 2.64. The molecule has 0 spiro atoms. The van der Waals surface area contributed by atoms with E-state index in [1.165, 1.54) is 44.9 Å². The van der Waals surface area contributed by atoms with Gasteiger partial charge in [0, 0.05) is 5.92 Å². The predicted octanol–water partition coefficient (Wildman–Crippen LogP) is 3.96. The van der Waals surface area contributed by atoms with Gasteiger partial charge in [0.1, 0.15) is 12.4 Å². The number of carbonyl (C=O) groups is 1. The Hall–Kier alpha value is -1.30. The normalized spacial score (nSPS) is 45.9. The van der Waals surface area contributed by atoms with E-state index in [0.29, 0.717) is 24.1 Å². The number of rotatable bonds is 3. The van der Waals surface area contributed by atoms with Crippen LogP contribution in [0.15, 0.2) is 0 Å². The highest BCUT2D eigenvalue weighted by Gasteiger charge is 2.58. The number of Topliss-reactive ketones (excluding diaryl/α,β-unsaturated/α-hetero) is 1. The van der Waals surface area contributed by atoms with E-state index in [0.717, 1.165) is 42.9 Å². The molecule has 0 saturated heterocycles. The molecule has 5 rings (SSSR count). The maximum absolute atomic E-state index is 13.3. The molecular weight excluding hydrogens is 376 g/mol. The highest BCUT2D eigenvalue weighted by atomic mass is 16.3. The highest BCUT2D eigenvalue weighted by molar-refractivity contribution is 5.82. The molecule has 0 amide bonds. The third kappa shape index (κ3) is 3.34. The van der Waals surface area contributed by atoms with Crippen molar-refractivity contribution in [2.24, 2.45) is 40.9 Å². The van der Waals surface area contributed by atoms with Crippen LogP contribution >= 0.6 is 0 Å². The summed E-state index contributed by atoms with van der Waals surface area (Å²) in [6.07, 6.45) is 11.7. The maximum atomic E-state index is 13.3. The van der Waals surface area contributed by atoms with Crippen molar-refractivity contribution in [2.45, 2.75) is 97.1 Å². The van der Waals surface area contributed by atoms with E-state index < -0.39 is 5.60 Å². The molecule has 4 fully saturated rings. The first-order valence-corrected chi connectivity index (χ1v) is 12.3. The summed E-state index contributed by atoms with van der Waals surface area (Å²) in [5.41, 5.74) is -0.321. The van der Waals surface area contributed by atoms with Gasteiger partial charge in [0.25, 0.3) is 0 Å². The summed E-state index contributed by atoms with van der Waals surface area (Å²) in [7, 11) is 0. The summed E-state index contributed by atoms with van der Waals surface area (Å²) >= 11 is 0. The quantitative estimate of drug-likeness (QED) is 0.810. The van der Waals surface area contributed by atoms with Gasteiger partial charge in [0.2, 0.25) is 0 Å². The van der Waals surface area contributed by atoms with Crippen LogP contribution in [0, 0.1) is 47.8 Å². The number of aryl methyl sites for hydroxylation is 1. The lowest BCUT2D eigenvalue weighted by Gasteiger charge is -2.54. The first-order chi connectivity index (χ1) is 14.3. The Balaban J connectivity index is 1.32. The molecular formula is C24H38N4O2. The van der Waals surface area contributed by atoms with Gasteiger partial charge in [-0.15, -0.1) is 5.10 Å². The summed E-state index contributed by atoms with van der Waals surface area (Å²) in [6.45, 7) is 6.64. The van der Waals surface area contributed by atoms with Crippen LogP contribution in [-0.4, -0.2) is 36.7 Å². The number of aromatic nitrogens is 4. The lowest BCUT2D eigenvalue weighted by molar-refractivity contribution is -0.130. The molecule has 6 nitrogen and oxygen atoms in total. The van der Waals surface area contributed by atoms with Gasteiger partial charge in [-0.2, -0.15) is 0 Å². The predicted molar refractivity (Wildman–Crippen MR) is 113 cm³/mol. The van der Waals surface area contributed by atoms with Gasteiger partial charge < -0.3 is 5.11 Å². The largest absolute Gasteiger partial charge is 0.390 e. The fraction of sp³-hybridized carbons (Fsp3) is 0.917. The van der Waals surface area contributed by atoms with Gasteiger partial charge in [-0.05, 0) is 123 Å². The number of fused-ring (bicyclic) bond motifs is 5. The Morgan fingerprint density at radius 2 is 1.77 bits per heavy atom. The Labute approximate surface area is 180 Å². The lowest BCUT2D eigenvalue weighted by atomic mass is 9.50. The zero-order chi connectivity index (χ0) is 21.1. The summed E-state index contributed by atoms with van der Waals surface area (Å²) in [6, 6.07) is 0. The molecule has 1 aromatic heterocycles. The molecule has 0 unspecified atom stereocenters. The van der Waals surface area contributed by atoms with Crippen molar-refractivity contribution in [1.82, 2.24) is 20.2 Å². The second-order valence-corrected chi connectivity index (χ2v) is 11.5. The minimum absolute atomic E-state index is 0.142. The van der Waals surface area contributed by atoms with E-state index in [-0.39, 0.29) is 11.3 Å². The summed E-state index contributed by atoms with van der Waals surface area (Å²) in [4.78, 5) is 13.3. The van der Waals surface area contributed by atoms with Crippen LogP contribution < -0.4 is 0 Å². The Morgan fingerprint density at radius 3 is 2.53 bits per heavy atom. The van der Waals surface area contributed by atoms with Gasteiger partial charge in [-0.1, -0.05) is 6.92 Å². The van der Waals surface area contributed by atoms with Crippen LogP contribution in [0.2, 0.25) is 0 Å². The zero-order valence-corrected chi connectivity index (χ0v) is 18.9. The molecule has 0 radical (unpaired) electrons. The van der Waals surface area contributed by atoms with Gasteiger partial charge in [0.15, 0.2) is 5.78 Å². The maximum Gasteiger partial charge on any atom is 0.158 e. The molecule has 1 heterocycles. The van der Waals surface area contributed by atoms with E-state index in [1.54, 1.807) is 4.68 Å². The monoisotopic (exact) mass is 414 g/mol. The number of tetrazole rings is 1. The number of ketones is 1. The average Bonchev–Trinajstić information content (AvgIpc) is 3.22. The van der Waals surface area contributed by atoms with Crippen LogP contribution in [0.3, 0.4) is 0 Å². The third-order valence-corrected chi connectivity index (χ3v) is 9.99. The van der Waals surface area contributed by atoms with Crippen molar-refractivity contribution >= 4 is 5.78 Å². The second kappa shape index (κ2) is 7.39. The fourth-order valence-electron chi connectivity index (χ4n) is 8.32. The first kappa shape index (κ1) is 20.6. The molecule has 6 heteroatoms. The minimum atomic E-state index is -0.463. The van der Waals surface area contributed by atoms with Crippen LogP contribution in [0.4, 0.5) is 0 Å². The van der Waals surface area contributed by atoms with Gasteiger partial charge in [-0.25, -0.2) is 4.68 Å². The summed E-state index contributed by atoms with van der Waals surface area (Å²) < 4.78 is 1.66. The first-order valence-electron chi connectivity index (χ1n) is 12.3. The van der Waals surface area contributed by atoms with Crippen molar-refractivity contribution < 1.29 is 9.90 Å². The molecule has 166 valence electrons. The van der Waals surface area contributed by atoms with Gasteiger partial charge in [-0.3, -0.25) is 4.79 Å². The second-order valence-electron chi connectivity index (χ2n) is 11.5. The van der Waals surface area contributed by atoms with Crippen molar-refractivity contribution in [3.05, 3.63) is 5.82 Å². The van der Waals surface area contributed by atoms with Gasteiger partial charge >= 0.3 is 0 Å². The molecule has 8 atom stereocenters. The number of hydrogen-bond acceptors (Lipinski definition) is 5. The molecule has 4 saturated carbocycles. The van der Waals surface area contributed by atoms with E-state index in [1.807, 2.05) is 13.8 Å². The average molecular weight is 415 g/mol. The summed E-state index contributed by atoms with van der Waals surface area (Å²) in [5.74, 6) is 5.07. The molecule has 4 aliphatic rings. The number of carbonyl (C=O) groups excluding carboxylic acids is 1. The Bertz CT molecular complexity index is 805. The molecule has 0 aromatic carbocycles. The number of aliphatic hydroxyl groups is 1. The SMILES string of the molecule is Cc1nnnn1CC(=O)[C@H]1CC[C@H]2[C@@H]3CC[C@H]4CC[C@](C)(O)CC[C@@H]4[C@H]3CC[C@]12C.